The van der Waals surface area contributed by atoms with Crippen LogP contribution in [0, 0.1) is 11.3 Å². The number of nitriles is 1. The molecule has 5 heteroatoms. The number of ether oxygens (including phenoxy) is 2. The molecule has 1 unspecified atom stereocenters. The van der Waals surface area contributed by atoms with Crippen LogP contribution in [0.1, 0.15) is 32.8 Å². The SMILES string of the molecule is CC(C)OCCCNC(=O)C(C)Oc1cccc(C#N)c1. The highest BCUT2D eigenvalue weighted by Crippen LogP contribution is 2.14. The van der Waals surface area contributed by atoms with Gasteiger partial charge in [0, 0.05) is 13.2 Å². The van der Waals surface area contributed by atoms with Gasteiger partial charge in [-0.3, -0.25) is 4.79 Å². The van der Waals surface area contributed by atoms with E-state index in [-0.39, 0.29) is 12.0 Å². The Bertz CT molecular complexity index is 495. The van der Waals surface area contributed by atoms with E-state index in [2.05, 4.69) is 5.32 Å². The maximum atomic E-state index is 11.9. The Labute approximate surface area is 125 Å². The van der Waals surface area contributed by atoms with Gasteiger partial charge in [0.1, 0.15) is 5.75 Å². The van der Waals surface area contributed by atoms with E-state index in [1.807, 2.05) is 19.9 Å². The first-order chi connectivity index (χ1) is 10.0. The summed E-state index contributed by atoms with van der Waals surface area (Å²) >= 11 is 0. The smallest absolute Gasteiger partial charge is 0.260 e. The van der Waals surface area contributed by atoms with Crippen molar-refractivity contribution in [2.75, 3.05) is 13.2 Å². The van der Waals surface area contributed by atoms with Crippen molar-refractivity contribution >= 4 is 5.91 Å². The van der Waals surface area contributed by atoms with E-state index < -0.39 is 6.10 Å². The molecule has 0 aliphatic heterocycles. The second-order valence-corrected chi connectivity index (χ2v) is 4.96. The molecule has 21 heavy (non-hydrogen) atoms. The Morgan fingerprint density at radius 3 is 2.81 bits per heavy atom. The molecule has 1 aromatic rings. The minimum absolute atomic E-state index is 0.179. The van der Waals surface area contributed by atoms with Crippen LogP contribution in [0.15, 0.2) is 24.3 Å². The predicted molar refractivity (Wildman–Crippen MR) is 80.0 cm³/mol. The van der Waals surface area contributed by atoms with Crippen LogP contribution >= 0.6 is 0 Å². The second kappa shape index (κ2) is 8.98. The third-order valence-corrected chi connectivity index (χ3v) is 2.72. The molecule has 1 aromatic carbocycles. The highest BCUT2D eigenvalue weighted by Gasteiger charge is 2.14. The van der Waals surface area contributed by atoms with Crippen LogP contribution in [0.2, 0.25) is 0 Å². The fourth-order valence-corrected chi connectivity index (χ4v) is 1.64. The summed E-state index contributed by atoms with van der Waals surface area (Å²) in [5.41, 5.74) is 0.506. The van der Waals surface area contributed by atoms with Crippen LogP contribution in [0.3, 0.4) is 0 Å². The summed E-state index contributed by atoms with van der Waals surface area (Å²) in [7, 11) is 0. The van der Waals surface area contributed by atoms with Gasteiger partial charge in [0.15, 0.2) is 6.10 Å². The van der Waals surface area contributed by atoms with E-state index in [1.165, 1.54) is 0 Å². The first kappa shape index (κ1) is 17.0. The van der Waals surface area contributed by atoms with Crippen LogP contribution in [0.5, 0.6) is 5.75 Å². The summed E-state index contributed by atoms with van der Waals surface area (Å²) in [6.07, 6.45) is 0.362. The van der Waals surface area contributed by atoms with Gasteiger partial charge in [-0.2, -0.15) is 5.26 Å². The molecule has 0 aliphatic carbocycles. The summed E-state index contributed by atoms with van der Waals surface area (Å²) < 4.78 is 10.9. The standard InChI is InChI=1S/C16H22N2O3/c1-12(2)20-9-5-8-18-16(19)13(3)21-15-7-4-6-14(10-15)11-17/h4,6-7,10,12-13H,5,8-9H2,1-3H3,(H,18,19). The summed E-state index contributed by atoms with van der Waals surface area (Å²) in [5, 5.41) is 11.6. The van der Waals surface area contributed by atoms with Crippen molar-refractivity contribution in [1.82, 2.24) is 5.32 Å². The molecular weight excluding hydrogens is 268 g/mol. The predicted octanol–water partition coefficient (Wildman–Crippen LogP) is 2.26. The van der Waals surface area contributed by atoms with Gasteiger partial charge in [0.25, 0.3) is 5.91 Å². The van der Waals surface area contributed by atoms with Crippen molar-refractivity contribution in [1.29, 1.82) is 5.26 Å². The van der Waals surface area contributed by atoms with Gasteiger partial charge >= 0.3 is 0 Å². The molecule has 0 spiro atoms. The van der Waals surface area contributed by atoms with Crippen molar-refractivity contribution in [2.24, 2.45) is 0 Å². The normalized spacial score (nSPS) is 11.8. The number of carbonyl (C=O) groups excluding carboxylic acids is 1. The van der Waals surface area contributed by atoms with Gasteiger partial charge in [-0.25, -0.2) is 0 Å². The van der Waals surface area contributed by atoms with E-state index >= 15 is 0 Å². The Morgan fingerprint density at radius 1 is 1.38 bits per heavy atom. The molecule has 1 rings (SSSR count). The fourth-order valence-electron chi connectivity index (χ4n) is 1.64. The van der Waals surface area contributed by atoms with E-state index in [4.69, 9.17) is 14.7 Å². The Balaban J connectivity index is 2.32. The number of amides is 1. The monoisotopic (exact) mass is 290 g/mol. The maximum Gasteiger partial charge on any atom is 0.260 e. The van der Waals surface area contributed by atoms with Gasteiger partial charge in [0.2, 0.25) is 0 Å². The lowest BCUT2D eigenvalue weighted by Crippen LogP contribution is -2.37. The van der Waals surface area contributed by atoms with Crippen molar-refractivity contribution in [3.05, 3.63) is 29.8 Å². The number of nitrogens with zero attached hydrogens (tertiary/aromatic N) is 1. The molecule has 0 bridgehead atoms. The first-order valence-corrected chi connectivity index (χ1v) is 7.09. The average molecular weight is 290 g/mol. The van der Waals surface area contributed by atoms with Crippen LogP contribution < -0.4 is 10.1 Å². The lowest BCUT2D eigenvalue weighted by atomic mass is 10.2. The van der Waals surface area contributed by atoms with Crippen molar-refractivity contribution in [3.8, 4) is 11.8 Å². The average Bonchev–Trinajstić information content (AvgIpc) is 2.46. The van der Waals surface area contributed by atoms with Crippen LogP contribution in [-0.2, 0) is 9.53 Å². The van der Waals surface area contributed by atoms with E-state index in [0.29, 0.717) is 24.5 Å². The van der Waals surface area contributed by atoms with Gasteiger partial charge in [-0.05, 0) is 45.4 Å². The zero-order chi connectivity index (χ0) is 15.7. The highest BCUT2D eigenvalue weighted by atomic mass is 16.5. The third-order valence-electron chi connectivity index (χ3n) is 2.72. The summed E-state index contributed by atoms with van der Waals surface area (Å²) in [4.78, 5) is 11.9. The van der Waals surface area contributed by atoms with Crippen molar-refractivity contribution in [3.63, 3.8) is 0 Å². The van der Waals surface area contributed by atoms with Crippen LogP contribution in [-0.4, -0.2) is 31.3 Å². The molecular formula is C16H22N2O3. The minimum atomic E-state index is -0.607. The number of hydrogen-bond acceptors (Lipinski definition) is 4. The van der Waals surface area contributed by atoms with Gasteiger partial charge in [0.05, 0.1) is 17.7 Å². The van der Waals surface area contributed by atoms with Gasteiger partial charge < -0.3 is 14.8 Å². The topological polar surface area (TPSA) is 71.3 Å². The summed E-state index contributed by atoms with van der Waals surface area (Å²) in [5.74, 6) is 0.335. The molecule has 0 aliphatic rings. The van der Waals surface area contributed by atoms with E-state index in [9.17, 15) is 4.79 Å². The molecule has 0 aromatic heterocycles. The molecule has 0 saturated heterocycles. The molecule has 114 valence electrons. The zero-order valence-corrected chi connectivity index (χ0v) is 12.8. The molecule has 1 amide bonds. The number of rotatable bonds is 8. The lowest BCUT2D eigenvalue weighted by molar-refractivity contribution is -0.127. The lowest BCUT2D eigenvalue weighted by Gasteiger charge is -2.15. The second-order valence-electron chi connectivity index (χ2n) is 4.96. The summed E-state index contributed by atoms with van der Waals surface area (Å²) in [6, 6.07) is 8.78. The number of nitrogens with one attached hydrogen (secondary N) is 1. The van der Waals surface area contributed by atoms with E-state index in [1.54, 1.807) is 31.2 Å². The van der Waals surface area contributed by atoms with Crippen LogP contribution in [0.25, 0.3) is 0 Å². The number of hydrogen-bond donors (Lipinski definition) is 1. The van der Waals surface area contributed by atoms with Crippen molar-refractivity contribution < 1.29 is 14.3 Å². The molecule has 0 saturated carbocycles. The highest BCUT2D eigenvalue weighted by molar-refractivity contribution is 5.80. The third kappa shape index (κ3) is 6.77. The zero-order valence-electron chi connectivity index (χ0n) is 12.8. The molecule has 0 heterocycles. The molecule has 1 atom stereocenters. The van der Waals surface area contributed by atoms with Crippen molar-refractivity contribution in [2.45, 2.75) is 39.4 Å². The van der Waals surface area contributed by atoms with Gasteiger partial charge in [-0.15, -0.1) is 0 Å². The van der Waals surface area contributed by atoms with Crippen LogP contribution in [0.4, 0.5) is 0 Å². The maximum absolute atomic E-state index is 11.9. The number of benzene rings is 1. The summed E-state index contributed by atoms with van der Waals surface area (Å²) in [6.45, 7) is 6.81. The largest absolute Gasteiger partial charge is 0.481 e. The minimum Gasteiger partial charge on any atom is -0.481 e. The Morgan fingerprint density at radius 2 is 2.14 bits per heavy atom. The fraction of sp³-hybridized carbons (Fsp3) is 0.500. The number of carbonyl (C=O) groups is 1. The quantitative estimate of drug-likeness (QED) is 0.745. The first-order valence-electron chi connectivity index (χ1n) is 7.09. The molecule has 1 N–H and O–H groups in total. The van der Waals surface area contributed by atoms with E-state index in [0.717, 1.165) is 6.42 Å². The molecule has 0 radical (unpaired) electrons. The molecule has 5 nitrogen and oxygen atoms in total. The van der Waals surface area contributed by atoms with Gasteiger partial charge in [-0.1, -0.05) is 6.07 Å². The Kier molecular flexibility index (Phi) is 7.27. The molecule has 0 fully saturated rings. The Hall–Kier alpha value is -2.06.